The van der Waals surface area contributed by atoms with E-state index >= 15 is 0 Å². The topological polar surface area (TPSA) is 81.0 Å². The van der Waals surface area contributed by atoms with Gasteiger partial charge in [0.2, 0.25) is 0 Å². The van der Waals surface area contributed by atoms with E-state index in [1.54, 1.807) is 10.9 Å². The van der Waals surface area contributed by atoms with Gasteiger partial charge in [0, 0.05) is 19.3 Å². The Morgan fingerprint density at radius 3 is 2.58 bits per heavy atom. The lowest BCUT2D eigenvalue weighted by Crippen LogP contribution is -2.35. The van der Waals surface area contributed by atoms with Crippen LogP contribution in [0.1, 0.15) is 6.92 Å². The number of aromatic nitrogens is 4. The molecule has 3 rings (SSSR count). The Hall–Kier alpha value is -2.48. The summed E-state index contributed by atoms with van der Waals surface area (Å²) in [6.45, 7) is 1.86. The summed E-state index contributed by atoms with van der Waals surface area (Å²) in [5, 5.41) is 5.19. The molecule has 2 aromatic heterocycles. The molecule has 2 heterocycles. The quantitative estimate of drug-likeness (QED) is 0.700. The number of sulfone groups is 1. The number of nitrogens with zero attached hydrogens (tertiary/aromatic N) is 5. The van der Waals surface area contributed by atoms with Crippen LogP contribution in [0.4, 0.5) is 5.82 Å². The molecule has 1 unspecified atom stereocenters. The monoisotopic (exact) mass is 345 g/mol. The molecule has 0 aliphatic carbocycles. The summed E-state index contributed by atoms with van der Waals surface area (Å²) in [7, 11) is -1.24. The van der Waals surface area contributed by atoms with Crippen LogP contribution in [-0.4, -0.2) is 53.3 Å². The molecule has 0 bridgehead atoms. The van der Waals surface area contributed by atoms with Crippen LogP contribution in [-0.2, 0) is 9.84 Å². The smallest absolute Gasteiger partial charge is 0.168 e. The van der Waals surface area contributed by atoms with Crippen molar-refractivity contribution in [2.75, 3.05) is 24.0 Å². The van der Waals surface area contributed by atoms with Crippen molar-refractivity contribution in [2.24, 2.45) is 0 Å². The van der Waals surface area contributed by atoms with Crippen LogP contribution in [0.2, 0.25) is 0 Å². The third-order valence-electron chi connectivity index (χ3n) is 3.88. The molecule has 0 fully saturated rings. The van der Waals surface area contributed by atoms with Crippen molar-refractivity contribution in [3.63, 3.8) is 0 Å². The summed E-state index contributed by atoms with van der Waals surface area (Å²) in [5.41, 5.74) is 1.59. The van der Waals surface area contributed by atoms with Gasteiger partial charge in [-0.1, -0.05) is 18.2 Å². The number of benzene rings is 1. The van der Waals surface area contributed by atoms with Gasteiger partial charge in [0.15, 0.2) is 5.65 Å². The van der Waals surface area contributed by atoms with Gasteiger partial charge in [-0.05, 0) is 19.1 Å². The van der Waals surface area contributed by atoms with Gasteiger partial charge in [-0.2, -0.15) is 5.10 Å². The molecule has 0 saturated carbocycles. The van der Waals surface area contributed by atoms with Crippen molar-refractivity contribution in [1.29, 1.82) is 0 Å². The first-order chi connectivity index (χ1) is 11.4. The standard InChI is InChI=1S/C16H19N5O2S/c1-12(10-24(3,22)23)20(2)15-14-9-19-21(16(14)18-11-17-15)13-7-5-4-6-8-13/h4-9,11-12H,10H2,1-3H3. The Balaban J connectivity index is 2.03. The zero-order valence-corrected chi connectivity index (χ0v) is 14.6. The predicted octanol–water partition coefficient (Wildman–Crippen LogP) is 1.68. The van der Waals surface area contributed by atoms with E-state index in [-0.39, 0.29) is 11.8 Å². The SMILES string of the molecule is CC(CS(C)(=O)=O)N(C)c1ncnc2c1cnn2-c1ccccc1. The molecule has 1 atom stereocenters. The van der Waals surface area contributed by atoms with E-state index in [2.05, 4.69) is 15.1 Å². The van der Waals surface area contributed by atoms with E-state index in [4.69, 9.17) is 0 Å². The Bertz CT molecular complexity index is 953. The number of fused-ring (bicyclic) bond motifs is 1. The molecule has 8 heteroatoms. The zero-order valence-electron chi connectivity index (χ0n) is 13.8. The van der Waals surface area contributed by atoms with E-state index in [9.17, 15) is 8.42 Å². The molecular weight excluding hydrogens is 326 g/mol. The van der Waals surface area contributed by atoms with Crippen LogP contribution < -0.4 is 4.90 Å². The summed E-state index contributed by atoms with van der Waals surface area (Å²) in [4.78, 5) is 10.5. The van der Waals surface area contributed by atoms with Crippen LogP contribution in [0.5, 0.6) is 0 Å². The molecule has 0 spiro atoms. The third-order valence-corrected chi connectivity index (χ3v) is 4.97. The van der Waals surface area contributed by atoms with E-state index < -0.39 is 9.84 Å². The number of hydrogen-bond donors (Lipinski definition) is 0. The van der Waals surface area contributed by atoms with Gasteiger partial charge < -0.3 is 4.90 Å². The maximum atomic E-state index is 11.6. The van der Waals surface area contributed by atoms with Crippen LogP contribution in [0.25, 0.3) is 16.7 Å². The van der Waals surface area contributed by atoms with E-state index in [1.807, 2.05) is 49.2 Å². The summed E-state index contributed by atoms with van der Waals surface area (Å²) in [5.74, 6) is 0.722. The maximum Gasteiger partial charge on any atom is 0.168 e. The van der Waals surface area contributed by atoms with E-state index in [1.165, 1.54) is 12.6 Å². The number of para-hydroxylation sites is 1. The summed E-state index contributed by atoms with van der Waals surface area (Å²) >= 11 is 0. The average Bonchev–Trinajstić information content (AvgIpc) is 2.97. The first-order valence-corrected chi connectivity index (χ1v) is 9.57. The second-order valence-corrected chi connectivity index (χ2v) is 8.06. The van der Waals surface area contributed by atoms with Gasteiger partial charge in [-0.3, -0.25) is 0 Å². The highest BCUT2D eigenvalue weighted by Crippen LogP contribution is 2.25. The van der Waals surface area contributed by atoms with Crippen LogP contribution in [0.15, 0.2) is 42.9 Å². The van der Waals surface area contributed by atoms with Crippen molar-refractivity contribution in [2.45, 2.75) is 13.0 Å². The Morgan fingerprint density at radius 1 is 1.21 bits per heavy atom. The first kappa shape index (κ1) is 16.4. The fourth-order valence-corrected chi connectivity index (χ4v) is 3.73. The molecule has 0 saturated heterocycles. The van der Waals surface area contributed by atoms with Crippen molar-refractivity contribution in [3.05, 3.63) is 42.9 Å². The summed E-state index contributed by atoms with van der Waals surface area (Å²) in [6.07, 6.45) is 4.42. The molecule has 0 aliphatic heterocycles. The van der Waals surface area contributed by atoms with Crippen LogP contribution in [0.3, 0.4) is 0 Å². The van der Waals surface area contributed by atoms with Gasteiger partial charge in [0.1, 0.15) is 22.0 Å². The number of anilines is 1. The highest BCUT2D eigenvalue weighted by molar-refractivity contribution is 7.90. The van der Waals surface area contributed by atoms with Crippen LogP contribution in [0, 0.1) is 0 Å². The van der Waals surface area contributed by atoms with Gasteiger partial charge in [-0.15, -0.1) is 0 Å². The lowest BCUT2D eigenvalue weighted by Gasteiger charge is -2.25. The van der Waals surface area contributed by atoms with Crippen LogP contribution >= 0.6 is 0 Å². The Kier molecular flexibility index (Phi) is 4.23. The number of hydrogen-bond acceptors (Lipinski definition) is 6. The van der Waals surface area contributed by atoms with E-state index in [0.717, 1.165) is 11.1 Å². The molecule has 7 nitrogen and oxygen atoms in total. The minimum atomic E-state index is -3.07. The molecule has 1 aromatic carbocycles. The summed E-state index contributed by atoms with van der Waals surface area (Å²) < 4.78 is 24.9. The molecule has 0 amide bonds. The van der Waals surface area contributed by atoms with Gasteiger partial charge >= 0.3 is 0 Å². The molecular formula is C16H19N5O2S. The van der Waals surface area contributed by atoms with Crippen molar-refractivity contribution in [3.8, 4) is 5.69 Å². The average molecular weight is 345 g/mol. The summed E-state index contributed by atoms with van der Waals surface area (Å²) in [6, 6.07) is 9.50. The fraction of sp³-hybridized carbons (Fsp3) is 0.312. The molecule has 3 aromatic rings. The molecule has 126 valence electrons. The predicted molar refractivity (Wildman–Crippen MR) is 94.2 cm³/mol. The second-order valence-electron chi connectivity index (χ2n) is 5.88. The fourth-order valence-electron chi connectivity index (χ4n) is 2.63. The van der Waals surface area contributed by atoms with Crippen molar-refractivity contribution < 1.29 is 8.42 Å². The van der Waals surface area contributed by atoms with Gasteiger partial charge in [0.25, 0.3) is 0 Å². The third kappa shape index (κ3) is 3.23. The Labute approximate surface area is 140 Å². The maximum absolute atomic E-state index is 11.6. The largest absolute Gasteiger partial charge is 0.355 e. The van der Waals surface area contributed by atoms with E-state index in [0.29, 0.717) is 11.5 Å². The van der Waals surface area contributed by atoms with Gasteiger partial charge in [-0.25, -0.2) is 23.1 Å². The molecule has 0 N–H and O–H groups in total. The number of rotatable bonds is 5. The van der Waals surface area contributed by atoms with Crippen molar-refractivity contribution >= 4 is 26.7 Å². The molecule has 0 aliphatic rings. The minimum Gasteiger partial charge on any atom is -0.355 e. The highest BCUT2D eigenvalue weighted by atomic mass is 32.2. The normalized spacial score (nSPS) is 13.1. The highest BCUT2D eigenvalue weighted by Gasteiger charge is 2.20. The lowest BCUT2D eigenvalue weighted by molar-refractivity contribution is 0.593. The molecule has 24 heavy (non-hydrogen) atoms. The zero-order chi connectivity index (χ0) is 17.3. The Morgan fingerprint density at radius 2 is 1.92 bits per heavy atom. The minimum absolute atomic E-state index is 0.0574. The second kappa shape index (κ2) is 6.20. The first-order valence-electron chi connectivity index (χ1n) is 7.51. The van der Waals surface area contributed by atoms with Gasteiger partial charge in [0.05, 0.1) is 23.0 Å². The lowest BCUT2D eigenvalue weighted by atomic mass is 10.3. The molecule has 0 radical (unpaired) electrons. The van der Waals surface area contributed by atoms with Crippen molar-refractivity contribution in [1.82, 2.24) is 19.7 Å².